The van der Waals surface area contributed by atoms with Crippen molar-refractivity contribution in [2.24, 2.45) is 17.8 Å². The largest absolute Gasteiger partial charge is 0.472 e. The van der Waals surface area contributed by atoms with Crippen molar-refractivity contribution >= 4 is 39.5 Å². The van der Waals surface area contributed by atoms with Crippen molar-refractivity contribution in [3.63, 3.8) is 0 Å². The maximum Gasteiger partial charge on any atom is 0.472 e. The predicted molar refractivity (Wildman–Crippen MR) is 372 cm³/mol. The number of aliphatic hydroxyl groups excluding tert-OH is 1. The van der Waals surface area contributed by atoms with Gasteiger partial charge in [0.2, 0.25) is 0 Å². The van der Waals surface area contributed by atoms with Crippen molar-refractivity contribution in [3.8, 4) is 0 Å². The Balaban J connectivity index is 5.22. The van der Waals surface area contributed by atoms with Gasteiger partial charge in [0.1, 0.15) is 19.3 Å². The number of ether oxygens (including phenoxy) is 4. The third kappa shape index (κ3) is 66.7. The second-order valence-corrected chi connectivity index (χ2v) is 30.7. The zero-order chi connectivity index (χ0) is 68.0. The summed E-state index contributed by atoms with van der Waals surface area (Å²) >= 11 is 0. The van der Waals surface area contributed by atoms with E-state index in [0.29, 0.717) is 37.5 Å². The number of hydrogen-bond donors (Lipinski definition) is 3. The highest BCUT2D eigenvalue weighted by molar-refractivity contribution is 7.47. The molecule has 0 aliphatic carbocycles. The minimum absolute atomic E-state index is 0.102. The lowest BCUT2D eigenvalue weighted by Crippen LogP contribution is -2.30. The fourth-order valence-corrected chi connectivity index (χ4v) is 12.7. The van der Waals surface area contributed by atoms with Crippen molar-refractivity contribution in [3.05, 3.63) is 0 Å². The zero-order valence-corrected chi connectivity index (χ0v) is 61.8. The molecular weight excluding hydrogens is 1210 g/mol. The molecule has 0 fully saturated rings. The number of hydrogen-bond acceptors (Lipinski definition) is 15. The van der Waals surface area contributed by atoms with Crippen molar-refractivity contribution < 1.29 is 80.2 Å². The van der Waals surface area contributed by atoms with E-state index in [0.717, 1.165) is 102 Å². The van der Waals surface area contributed by atoms with Gasteiger partial charge in [-0.25, -0.2) is 9.13 Å². The van der Waals surface area contributed by atoms with Crippen LogP contribution in [0.1, 0.15) is 370 Å². The molecule has 92 heavy (non-hydrogen) atoms. The molecule has 0 heterocycles. The Morgan fingerprint density at radius 3 is 0.739 bits per heavy atom. The third-order valence-electron chi connectivity index (χ3n) is 16.9. The Bertz CT molecular complexity index is 1800. The number of rotatable bonds is 71. The van der Waals surface area contributed by atoms with E-state index >= 15 is 0 Å². The minimum atomic E-state index is -4.96. The summed E-state index contributed by atoms with van der Waals surface area (Å²) in [6.45, 7) is 11.7. The summed E-state index contributed by atoms with van der Waals surface area (Å²) in [5, 5.41) is 10.6. The molecule has 17 nitrogen and oxygen atoms in total. The van der Waals surface area contributed by atoms with Crippen LogP contribution in [0.25, 0.3) is 0 Å². The number of phosphoric ester groups is 2. The number of esters is 4. The Hall–Kier alpha value is -1.94. The first kappa shape index (κ1) is 90.1. The fourth-order valence-electron chi connectivity index (χ4n) is 11.1. The normalized spacial score (nSPS) is 14.1. The van der Waals surface area contributed by atoms with Crippen LogP contribution in [0.15, 0.2) is 0 Å². The van der Waals surface area contributed by atoms with E-state index in [1.165, 1.54) is 173 Å². The van der Waals surface area contributed by atoms with E-state index in [1.54, 1.807) is 0 Å². The highest BCUT2D eigenvalue weighted by atomic mass is 31.2. The Kier molecular flexibility index (Phi) is 62.4. The van der Waals surface area contributed by atoms with Crippen LogP contribution in [-0.4, -0.2) is 96.7 Å². The second-order valence-electron chi connectivity index (χ2n) is 27.8. The molecule has 0 saturated carbocycles. The standard InChI is InChI=1S/C73H142O17P2/c1-8-9-10-11-12-13-14-15-16-17-21-24-27-32-40-47-54-70(75)83-60-68(89-72(77)56-49-42-33-28-25-22-19-18-20-23-26-30-37-44-51-64(2)3)62-87-91(79,80)85-58-67(74)59-86-92(81,82)88-63-69(61-84-71(76)55-48-41-36-35-39-46-53-66(6)7)90-73(78)57-50-43-34-29-31-38-45-52-65(4)5/h64-69,74H,8-63H2,1-7H3,(H,79,80)(H,81,82)/t67-,68-,69-/m1/s1. The number of carbonyl (C=O) groups is 4. The molecule has 0 rings (SSSR count). The van der Waals surface area contributed by atoms with Crippen LogP contribution in [0, 0.1) is 17.8 Å². The molecular formula is C73H142O17P2. The summed E-state index contributed by atoms with van der Waals surface area (Å²) in [4.78, 5) is 72.6. The van der Waals surface area contributed by atoms with E-state index in [2.05, 4.69) is 48.5 Å². The van der Waals surface area contributed by atoms with Crippen molar-refractivity contribution in [1.29, 1.82) is 0 Å². The second kappa shape index (κ2) is 63.8. The molecule has 0 bridgehead atoms. The molecule has 0 aliphatic heterocycles. The average molecular weight is 1350 g/mol. The van der Waals surface area contributed by atoms with Crippen molar-refractivity contribution in [2.45, 2.75) is 388 Å². The summed E-state index contributed by atoms with van der Waals surface area (Å²) < 4.78 is 68.3. The summed E-state index contributed by atoms with van der Waals surface area (Å²) in [6, 6.07) is 0. The van der Waals surface area contributed by atoms with Crippen LogP contribution >= 0.6 is 15.6 Å². The Morgan fingerprint density at radius 2 is 0.500 bits per heavy atom. The average Bonchev–Trinajstić information content (AvgIpc) is 3.72. The highest BCUT2D eigenvalue weighted by Gasteiger charge is 2.30. The lowest BCUT2D eigenvalue weighted by atomic mass is 10.0. The minimum Gasteiger partial charge on any atom is -0.462 e. The van der Waals surface area contributed by atoms with Gasteiger partial charge < -0.3 is 33.8 Å². The first-order valence-electron chi connectivity index (χ1n) is 37.8. The van der Waals surface area contributed by atoms with Crippen LogP contribution in [0.2, 0.25) is 0 Å². The van der Waals surface area contributed by atoms with Gasteiger partial charge in [0.15, 0.2) is 12.2 Å². The maximum absolute atomic E-state index is 13.1. The van der Waals surface area contributed by atoms with E-state index in [-0.39, 0.29) is 25.7 Å². The van der Waals surface area contributed by atoms with Crippen LogP contribution in [0.3, 0.4) is 0 Å². The molecule has 0 amide bonds. The number of unbranched alkanes of at least 4 members (excludes halogenated alkanes) is 39. The molecule has 0 aromatic rings. The van der Waals surface area contributed by atoms with Crippen LogP contribution in [-0.2, 0) is 65.4 Å². The van der Waals surface area contributed by atoms with Crippen LogP contribution in [0.4, 0.5) is 0 Å². The van der Waals surface area contributed by atoms with Gasteiger partial charge >= 0.3 is 39.5 Å². The summed E-state index contributed by atoms with van der Waals surface area (Å²) in [5.41, 5.74) is 0. The molecule has 2 unspecified atom stereocenters. The van der Waals surface area contributed by atoms with Crippen molar-refractivity contribution in [1.82, 2.24) is 0 Å². The van der Waals surface area contributed by atoms with Gasteiger partial charge in [-0.2, -0.15) is 0 Å². The molecule has 546 valence electrons. The molecule has 19 heteroatoms. The van der Waals surface area contributed by atoms with Gasteiger partial charge in [-0.3, -0.25) is 37.3 Å². The maximum atomic E-state index is 13.1. The van der Waals surface area contributed by atoms with E-state index in [1.807, 2.05) is 0 Å². The quantitative estimate of drug-likeness (QED) is 0.0222. The van der Waals surface area contributed by atoms with Gasteiger partial charge in [0.25, 0.3) is 0 Å². The first-order chi connectivity index (χ1) is 44.2. The number of carbonyl (C=O) groups excluding carboxylic acids is 4. The molecule has 3 N–H and O–H groups in total. The molecule has 5 atom stereocenters. The molecule has 0 aliphatic rings. The van der Waals surface area contributed by atoms with Gasteiger partial charge in [-0.05, 0) is 43.4 Å². The van der Waals surface area contributed by atoms with Crippen LogP contribution < -0.4 is 0 Å². The topological polar surface area (TPSA) is 237 Å². The lowest BCUT2D eigenvalue weighted by Gasteiger charge is -2.21. The third-order valence-corrected chi connectivity index (χ3v) is 18.8. The van der Waals surface area contributed by atoms with Crippen molar-refractivity contribution in [2.75, 3.05) is 39.6 Å². The molecule has 0 radical (unpaired) electrons. The van der Waals surface area contributed by atoms with Crippen LogP contribution in [0.5, 0.6) is 0 Å². The Morgan fingerprint density at radius 1 is 0.293 bits per heavy atom. The predicted octanol–water partition coefficient (Wildman–Crippen LogP) is 21.0. The molecule has 0 aromatic heterocycles. The highest BCUT2D eigenvalue weighted by Crippen LogP contribution is 2.45. The molecule has 0 spiro atoms. The Labute approximate surface area is 562 Å². The smallest absolute Gasteiger partial charge is 0.462 e. The first-order valence-corrected chi connectivity index (χ1v) is 40.8. The number of phosphoric acid groups is 2. The van der Waals surface area contributed by atoms with E-state index in [9.17, 15) is 43.2 Å². The summed E-state index contributed by atoms with van der Waals surface area (Å²) in [6.07, 6.45) is 48.9. The SMILES string of the molecule is CCCCCCCCCCCCCCCCCCC(=O)OC[C@H](COP(=O)(O)OC[C@@H](O)COP(=O)(O)OC[C@@H](COC(=O)CCCCCCCCC(C)C)OC(=O)CCCCCCCCCC(C)C)OC(=O)CCCCCCCCCCCCCCCCC(C)C. The van der Waals surface area contributed by atoms with E-state index < -0.39 is 97.5 Å². The van der Waals surface area contributed by atoms with Gasteiger partial charge in [0.05, 0.1) is 26.4 Å². The summed E-state index contributed by atoms with van der Waals surface area (Å²) in [7, 11) is -9.90. The fraction of sp³-hybridized carbons (Fsp3) is 0.945. The van der Waals surface area contributed by atoms with Gasteiger partial charge in [-0.1, -0.05) is 318 Å². The van der Waals surface area contributed by atoms with Gasteiger partial charge in [0, 0.05) is 25.7 Å². The van der Waals surface area contributed by atoms with E-state index in [4.69, 9.17) is 37.0 Å². The molecule has 0 aromatic carbocycles. The number of aliphatic hydroxyl groups is 1. The van der Waals surface area contributed by atoms with Gasteiger partial charge in [-0.15, -0.1) is 0 Å². The summed E-state index contributed by atoms with van der Waals surface area (Å²) in [5.74, 6) is 0.0444. The monoisotopic (exact) mass is 1350 g/mol. The zero-order valence-electron chi connectivity index (χ0n) is 60.0. The molecule has 0 saturated heterocycles. The lowest BCUT2D eigenvalue weighted by molar-refractivity contribution is -0.161.